The molecule has 0 aliphatic rings. The summed E-state index contributed by atoms with van der Waals surface area (Å²) in [4.78, 5) is 20.1. The smallest absolute Gasteiger partial charge is 0.225 e. The quantitative estimate of drug-likeness (QED) is 0.667. The largest absolute Gasteiger partial charge is 0.361 e. The molecular formula is C18H20ClN3OS. The molecular weight excluding hydrogens is 342 g/mol. The number of fused-ring (bicyclic) bond motifs is 1. The maximum Gasteiger partial charge on any atom is 0.225 e. The summed E-state index contributed by atoms with van der Waals surface area (Å²) >= 11 is 7.65. The van der Waals surface area contributed by atoms with Gasteiger partial charge in [-0.25, -0.2) is 4.98 Å². The van der Waals surface area contributed by atoms with E-state index in [1.54, 1.807) is 17.5 Å². The van der Waals surface area contributed by atoms with E-state index in [4.69, 9.17) is 11.6 Å². The summed E-state index contributed by atoms with van der Waals surface area (Å²) in [6.45, 7) is 4.29. The molecule has 0 bridgehead atoms. The molecule has 0 aliphatic carbocycles. The molecule has 6 heteroatoms. The summed E-state index contributed by atoms with van der Waals surface area (Å²) in [5.41, 5.74) is 1.94. The Labute approximate surface area is 150 Å². The predicted octanol–water partition coefficient (Wildman–Crippen LogP) is 4.72. The van der Waals surface area contributed by atoms with E-state index in [1.807, 2.05) is 29.8 Å². The van der Waals surface area contributed by atoms with E-state index in [0.29, 0.717) is 17.4 Å². The van der Waals surface area contributed by atoms with E-state index in [-0.39, 0.29) is 11.9 Å². The van der Waals surface area contributed by atoms with Gasteiger partial charge in [0.2, 0.25) is 5.91 Å². The number of amides is 1. The standard InChI is InChI=1S/C18H20ClN3OS/c1-11(2)7-16(18-20-5-6-24-18)22-17(23)8-12-10-21-15-4-3-13(19)9-14(12)15/h3-6,9-11,16,21H,7-8H2,1-2H3,(H,22,23). The van der Waals surface area contributed by atoms with Crippen molar-refractivity contribution in [2.75, 3.05) is 0 Å². The third kappa shape index (κ3) is 3.97. The monoisotopic (exact) mass is 361 g/mol. The van der Waals surface area contributed by atoms with Crippen LogP contribution in [0.25, 0.3) is 10.9 Å². The minimum absolute atomic E-state index is 0.00303. The lowest BCUT2D eigenvalue weighted by Gasteiger charge is -2.18. The molecule has 0 aliphatic heterocycles. The van der Waals surface area contributed by atoms with Crippen LogP contribution in [0.15, 0.2) is 36.0 Å². The first-order valence-electron chi connectivity index (χ1n) is 7.97. The molecule has 24 heavy (non-hydrogen) atoms. The van der Waals surface area contributed by atoms with E-state index < -0.39 is 0 Å². The number of halogens is 1. The van der Waals surface area contributed by atoms with E-state index in [9.17, 15) is 4.79 Å². The van der Waals surface area contributed by atoms with Crippen molar-refractivity contribution < 1.29 is 4.79 Å². The number of carbonyl (C=O) groups is 1. The lowest BCUT2D eigenvalue weighted by Crippen LogP contribution is -2.30. The van der Waals surface area contributed by atoms with Gasteiger partial charge in [-0.1, -0.05) is 25.4 Å². The Morgan fingerprint density at radius 3 is 2.96 bits per heavy atom. The zero-order valence-corrected chi connectivity index (χ0v) is 15.2. The van der Waals surface area contributed by atoms with Gasteiger partial charge >= 0.3 is 0 Å². The molecule has 0 fully saturated rings. The third-order valence-electron chi connectivity index (χ3n) is 3.87. The molecule has 3 rings (SSSR count). The van der Waals surface area contributed by atoms with Crippen LogP contribution >= 0.6 is 22.9 Å². The van der Waals surface area contributed by atoms with Crippen LogP contribution in [-0.4, -0.2) is 15.9 Å². The van der Waals surface area contributed by atoms with Gasteiger partial charge in [0.15, 0.2) is 0 Å². The van der Waals surface area contributed by atoms with Gasteiger partial charge in [-0.05, 0) is 36.1 Å². The van der Waals surface area contributed by atoms with Crippen molar-refractivity contribution in [1.82, 2.24) is 15.3 Å². The van der Waals surface area contributed by atoms with Crippen LogP contribution in [-0.2, 0) is 11.2 Å². The molecule has 1 aromatic carbocycles. The second-order valence-electron chi connectivity index (χ2n) is 6.30. The zero-order valence-electron chi connectivity index (χ0n) is 13.7. The van der Waals surface area contributed by atoms with Crippen molar-refractivity contribution in [3.63, 3.8) is 0 Å². The molecule has 2 N–H and O–H groups in total. The van der Waals surface area contributed by atoms with Gasteiger partial charge in [-0.3, -0.25) is 4.79 Å². The minimum atomic E-state index is -0.0358. The lowest BCUT2D eigenvalue weighted by molar-refractivity contribution is -0.121. The number of thiazole rings is 1. The van der Waals surface area contributed by atoms with E-state index in [2.05, 4.69) is 29.1 Å². The summed E-state index contributed by atoms with van der Waals surface area (Å²) in [6.07, 6.45) is 4.85. The Morgan fingerprint density at radius 2 is 2.25 bits per heavy atom. The fourth-order valence-electron chi connectivity index (χ4n) is 2.81. The highest BCUT2D eigenvalue weighted by Gasteiger charge is 2.19. The fraction of sp³-hybridized carbons (Fsp3) is 0.333. The maximum absolute atomic E-state index is 12.5. The van der Waals surface area contributed by atoms with E-state index >= 15 is 0 Å². The topological polar surface area (TPSA) is 57.8 Å². The number of nitrogens with one attached hydrogen (secondary N) is 2. The molecule has 0 radical (unpaired) electrons. The summed E-state index contributed by atoms with van der Waals surface area (Å²) in [6, 6.07) is 5.62. The predicted molar refractivity (Wildman–Crippen MR) is 99.5 cm³/mol. The molecule has 1 amide bonds. The van der Waals surface area contributed by atoms with Gasteiger partial charge in [0.1, 0.15) is 5.01 Å². The van der Waals surface area contributed by atoms with Gasteiger partial charge in [0.25, 0.3) is 0 Å². The van der Waals surface area contributed by atoms with Gasteiger partial charge in [-0.2, -0.15) is 0 Å². The Hall–Kier alpha value is -1.85. The molecule has 2 aromatic heterocycles. The molecule has 1 atom stereocenters. The van der Waals surface area contributed by atoms with Crippen LogP contribution in [0.1, 0.15) is 36.9 Å². The molecule has 0 spiro atoms. The highest BCUT2D eigenvalue weighted by atomic mass is 35.5. The normalized spacial score (nSPS) is 12.7. The van der Waals surface area contributed by atoms with Crippen LogP contribution < -0.4 is 5.32 Å². The van der Waals surface area contributed by atoms with Crippen LogP contribution in [0.2, 0.25) is 5.02 Å². The van der Waals surface area contributed by atoms with Crippen molar-refractivity contribution >= 4 is 39.7 Å². The number of rotatable bonds is 6. The number of aromatic amines is 1. The van der Waals surface area contributed by atoms with E-state index in [0.717, 1.165) is 27.9 Å². The Bertz CT molecular complexity index is 826. The Kier molecular flexibility index (Phi) is 5.21. The van der Waals surface area contributed by atoms with Crippen LogP contribution in [0.5, 0.6) is 0 Å². The lowest BCUT2D eigenvalue weighted by atomic mass is 10.0. The first-order chi connectivity index (χ1) is 11.5. The average Bonchev–Trinajstić information content (AvgIpc) is 3.16. The third-order valence-corrected chi connectivity index (χ3v) is 5.00. The summed E-state index contributed by atoms with van der Waals surface area (Å²) in [7, 11) is 0. The number of hydrogen-bond acceptors (Lipinski definition) is 3. The van der Waals surface area contributed by atoms with Crippen molar-refractivity contribution in [2.24, 2.45) is 5.92 Å². The van der Waals surface area contributed by atoms with Gasteiger partial charge in [0, 0.05) is 33.7 Å². The first-order valence-corrected chi connectivity index (χ1v) is 9.23. The van der Waals surface area contributed by atoms with Crippen LogP contribution in [0.3, 0.4) is 0 Å². The first kappa shape index (κ1) is 17.0. The molecule has 126 valence electrons. The summed E-state index contributed by atoms with van der Waals surface area (Å²) in [5.74, 6) is 0.475. The number of aromatic nitrogens is 2. The fourth-order valence-corrected chi connectivity index (χ4v) is 3.69. The maximum atomic E-state index is 12.5. The van der Waals surface area contributed by atoms with E-state index in [1.165, 1.54) is 0 Å². The number of benzene rings is 1. The SMILES string of the molecule is CC(C)CC(NC(=O)Cc1c[nH]c2ccc(Cl)cc12)c1nccs1. The van der Waals surface area contributed by atoms with Crippen molar-refractivity contribution in [3.05, 3.63) is 51.6 Å². The molecule has 4 nitrogen and oxygen atoms in total. The van der Waals surface area contributed by atoms with Crippen molar-refractivity contribution in [1.29, 1.82) is 0 Å². The second-order valence-corrected chi connectivity index (χ2v) is 7.66. The number of hydrogen-bond donors (Lipinski definition) is 2. The molecule has 3 aromatic rings. The Balaban J connectivity index is 1.74. The van der Waals surface area contributed by atoms with Crippen LogP contribution in [0, 0.1) is 5.92 Å². The summed E-state index contributed by atoms with van der Waals surface area (Å²) < 4.78 is 0. The molecule has 1 unspecified atom stereocenters. The zero-order chi connectivity index (χ0) is 17.1. The number of carbonyl (C=O) groups excluding carboxylic acids is 1. The highest BCUT2D eigenvalue weighted by molar-refractivity contribution is 7.09. The highest BCUT2D eigenvalue weighted by Crippen LogP contribution is 2.25. The van der Waals surface area contributed by atoms with Crippen LogP contribution in [0.4, 0.5) is 0 Å². The summed E-state index contributed by atoms with van der Waals surface area (Å²) in [5, 5.41) is 7.69. The number of nitrogens with zero attached hydrogens (tertiary/aromatic N) is 1. The van der Waals surface area contributed by atoms with Gasteiger partial charge in [-0.15, -0.1) is 11.3 Å². The van der Waals surface area contributed by atoms with Crippen molar-refractivity contribution in [3.8, 4) is 0 Å². The second kappa shape index (κ2) is 7.36. The minimum Gasteiger partial charge on any atom is -0.361 e. The average molecular weight is 362 g/mol. The van der Waals surface area contributed by atoms with Gasteiger partial charge < -0.3 is 10.3 Å². The number of H-pyrrole nitrogens is 1. The molecule has 2 heterocycles. The molecule has 0 saturated heterocycles. The molecule has 0 saturated carbocycles. The van der Waals surface area contributed by atoms with Crippen molar-refractivity contribution in [2.45, 2.75) is 32.7 Å². The van der Waals surface area contributed by atoms with Gasteiger partial charge in [0.05, 0.1) is 12.5 Å². The Morgan fingerprint density at radius 1 is 1.42 bits per heavy atom.